The maximum atomic E-state index is 12.8. The normalized spacial score (nSPS) is 17.8. The van der Waals surface area contributed by atoms with Crippen LogP contribution in [0.1, 0.15) is 11.1 Å². The fourth-order valence-electron chi connectivity index (χ4n) is 2.73. The topological polar surface area (TPSA) is 47.6 Å². The Bertz CT molecular complexity index is 735. The SMILES string of the molecule is COc1ccc(/C=C2/CNC/C(=C\c3ccc(OC)cc3)C2=O)cc1. The van der Waals surface area contributed by atoms with Gasteiger partial charge in [0.2, 0.25) is 0 Å². The van der Waals surface area contributed by atoms with Crippen molar-refractivity contribution < 1.29 is 14.3 Å². The van der Waals surface area contributed by atoms with Crippen LogP contribution in [0.3, 0.4) is 0 Å². The van der Waals surface area contributed by atoms with Crippen molar-refractivity contribution in [3.63, 3.8) is 0 Å². The Labute approximate surface area is 147 Å². The number of ether oxygens (including phenoxy) is 2. The van der Waals surface area contributed by atoms with Gasteiger partial charge >= 0.3 is 0 Å². The molecule has 2 aromatic carbocycles. The fourth-order valence-corrected chi connectivity index (χ4v) is 2.73. The fraction of sp³-hybridized carbons (Fsp3) is 0.190. The van der Waals surface area contributed by atoms with E-state index in [-0.39, 0.29) is 5.78 Å². The molecule has 0 radical (unpaired) electrons. The summed E-state index contributed by atoms with van der Waals surface area (Å²) in [6, 6.07) is 15.3. The number of benzene rings is 2. The van der Waals surface area contributed by atoms with Crippen molar-refractivity contribution in [2.45, 2.75) is 0 Å². The number of methoxy groups -OCH3 is 2. The number of Topliss-reactive ketones (excluding diaryl/α,β-unsaturated/α-hetero) is 1. The Morgan fingerprint density at radius 3 is 1.52 bits per heavy atom. The molecule has 3 rings (SSSR count). The van der Waals surface area contributed by atoms with Gasteiger partial charge in [-0.3, -0.25) is 4.79 Å². The summed E-state index contributed by atoms with van der Waals surface area (Å²) in [5.74, 6) is 1.69. The molecular formula is C21H21NO3. The van der Waals surface area contributed by atoms with Gasteiger partial charge in [0, 0.05) is 24.2 Å². The number of nitrogens with one attached hydrogen (secondary N) is 1. The molecule has 25 heavy (non-hydrogen) atoms. The lowest BCUT2D eigenvalue weighted by atomic mass is 9.95. The van der Waals surface area contributed by atoms with Gasteiger partial charge in [0.1, 0.15) is 11.5 Å². The van der Waals surface area contributed by atoms with Crippen LogP contribution in [0.15, 0.2) is 59.7 Å². The van der Waals surface area contributed by atoms with E-state index in [4.69, 9.17) is 9.47 Å². The van der Waals surface area contributed by atoms with Gasteiger partial charge in [-0.1, -0.05) is 24.3 Å². The van der Waals surface area contributed by atoms with Crippen LogP contribution in [0.5, 0.6) is 11.5 Å². The van der Waals surface area contributed by atoms with Gasteiger partial charge in [0.05, 0.1) is 14.2 Å². The molecule has 0 aliphatic carbocycles. The highest BCUT2D eigenvalue weighted by atomic mass is 16.5. The number of rotatable bonds is 4. The first kappa shape index (κ1) is 17.0. The van der Waals surface area contributed by atoms with Crippen molar-refractivity contribution in [2.24, 2.45) is 0 Å². The molecule has 128 valence electrons. The second-order valence-electron chi connectivity index (χ2n) is 5.82. The third kappa shape index (κ3) is 4.17. The molecule has 0 aromatic heterocycles. The van der Waals surface area contributed by atoms with E-state index in [0.717, 1.165) is 33.8 Å². The molecular weight excluding hydrogens is 314 g/mol. The zero-order valence-corrected chi connectivity index (χ0v) is 14.4. The molecule has 1 saturated heterocycles. The lowest BCUT2D eigenvalue weighted by Crippen LogP contribution is -2.32. The van der Waals surface area contributed by atoms with E-state index < -0.39 is 0 Å². The predicted molar refractivity (Wildman–Crippen MR) is 99.8 cm³/mol. The minimum atomic E-state index is 0.0883. The second-order valence-corrected chi connectivity index (χ2v) is 5.82. The summed E-state index contributed by atoms with van der Waals surface area (Å²) in [6.45, 7) is 1.15. The maximum absolute atomic E-state index is 12.8. The Morgan fingerprint density at radius 2 is 1.16 bits per heavy atom. The molecule has 1 aliphatic heterocycles. The third-order valence-electron chi connectivity index (χ3n) is 4.13. The third-order valence-corrected chi connectivity index (χ3v) is 4.13. The summed E-state index contributed by atoms with van der Waals surface area (Å²) in [6.07, 6.45) is 3.85. The molecule has 0 spiro atoms. The molecule has 4 nitrogen and oxygen atoms in total. The van der Waals surface area contributed by atoms with E-state index in [0.29, 0.717) is 13.1 Å². The zero-order valence-electron chi connectivity index (χ0n) is 14.4. The van der Waals surface area contributed by atoms with Crippen molar-refractivity contribution >= 4 is 17.9 Å². The van der Waals surface area contributed by atoms with Crippen LogP contribution in [0, 0.1) is 0 Å². The Kier molecular flexibility index (Phi) is 5.31. The van der Waals surface area contributed by atoms with Gasteiger partial charge in [-0.2, -0.15) is 0 Å². The number of ketones is 1. The summed E-state index contributed by atoms with van der Waals surface area (Å²) < 4.78 is 10.3. The van der Waals surface area contributed by atoms with Gasteiger partial charge in [-0.05, 0) is 47.5 Å². The first-order chi connectivity index (χ1) is 12.2. The monoisotopic (exact) mass is 335 g/mol. The second kappa shape index (κ2) is 7.81. The van der Waals surface area contributed by atoms with Crippen LogP contribution in [0.25, 0.3) is 12.2 Å². The van der Waals surface area contributed by atoms with Crippen LogP contribution in [0.2, 0.25) is 0 Å². The average molecular weight is 335 g/mol. The highest BCUT2D eigenvalue weighted by molar-refractivity contribution is 6.14. The van der Waals surface area contributed by atoms with Crippen molar-refractivity contribution in [3.05, 3.63) is 70.8 Å². The number of hydrogen-bond donors (Lipinski definition) is 1. The Hall–Kier alpha value is -2.85. The number of hydrogen-bond acceptors (Lipinski definition) is 4. The number of piperidine rings is 1. The molecule has 1 heterocycles. The predicted octanol–water partition coefficient (Wildman–Crippen LogP) is 3.34. The molecule has 0 saturated carbocycles. The van der Waals surface area contributed by atoms with E-state index in [1.54, 1.807) is 14.2 Å². The first-order valence-corrected chi connectivity index (χ1v) is 8.14. The van der Waals surface area contributed by atoms with Crippen LogP contribution in [-0.2, 0) is 4.79 Å². The van der Waals surface area contributed by atoms with Gasteiger partial charge in [0.15, 0.2) is 5.78 Å². The summed E-state index contributed by atoms with van der Waals surface area (Å²) >= 11 is 0. The van der Waals surface area contributed by atoms with E-state index in [9.17, 15) is 4.79 Å². The lowest BCUT2D eigenvalue weighted by Gasteiger charge is -2.18. The van der Waals surface area contributed by atoms with Gasteiger partial charge < -0.3 is 14.8 Å². The van der Waals surface area contributed by atoms with Crippen molar-refractivity contribution in [1.82, 2.24) is 5.32 Å². The van der Waals surface area contributed by atoms with Gasteiger partial charge in [0.25, 0.3) is 0 Å². The molecule has 2 aromatic rings. The quantitative estimate of drug-likeness (QED) is 0.871. The Morgan fingerprint density at radius 1 is 0.760 bits per heavy atom. The molecule has 4 heteroatoms. The molecule has 0 bridgehead atoms. The highest BCUT2D eigenvalue weighted by Crippen LogP contribution is 2.20. The van der Waals surface area contributed by atoms with E-state index >= 15 is 0 Å². The lowest BCUT2D eigenvalue weighted by molar-refractivity contribution is -0.112. The van der Waals surface area contributed by atoms with Crippen LogP contribution >= 0.6 is 0 Å². The zero-order chi connectivity index (χ0) is 17.6. The smallest absolute Gasteiger partial charge is 0.187 e. The molecule has 0 atom stereocenters. The van der Waals surface area contributed by atoms with E-state index in [1.165, 1.54) is 0 Å². The highest BCUT2D eigenvalue weighted by Gasteiger charge is 2.20. The first-order valence-electron chi connectivity index (χ1n) is 8.14. The summed E-state index contributed by atoms with van der Waals surface area (Å²) in [5.41, 5.74) is 3.49. The van der Waals surface area contributed by atoms with E-state index in [2.05, 4.69) is 5.32 Å². The molecule has 1 N–H and O–H groups in total. The molecule has 0 unspecified atom stereocenters. The van der Waals surface area contributed by atoms with Crippen LogP contribution in [0.4, 0.5) is 0 Å². The van der Waals surface area contributed by atoms with Crippen LogP contribution < -0.4 is 14.8 Å². The molecule has 1 fully saturated rings. The summed E-state index contributed by atoms with van der Waals surface area (Å²) in [4.78, 5) is 12.8. The van der Waals surface area contributed by atoms with Crippen LogP contribution in [-0.4, -0.2) is 33.1 Å². The largest absolute Gasteiger partial charge is 0.497 e. The summed E-state index contributed by atoms with van der Waals surface area (Å²) in [5, 5.41) is 3.29. The number of carbonyl (C=O) groups is 1. The van der Waals surface area contributed by atoms with Crippen molar-refractivity contribution in [2.75, 3.05) is 27.3 Å². The maximum Gasteiger partial charge on any atom is 0.187 e. The van der Waals surface area contributed by atoms with Gasteiger partial charge in [-0.15, -0.1) is 0 Å². The molecule has 0 amide bonds. The number of carbonyl (C=O) groups excluding carboxylic acids is 1. The molecule has 1 aliphatic rings. The van der Waals surface area contributed by atoms with Crippen molar-refractivity contribution in [3.8, 4) is 11.5 Å². The standard InChI is InChI=1S/C21H21NO3/c1-24-19-7-3-15(4-8-19)11-17-13-22-14-18(21(17)23)12-16-5-9-20(25-2)10-6-16/h3-12,22H,13-14H2,1-2H3/b17-11-,18-12+. The minimum absolute atomic E-state index is 0.0883. The summed E-state index contributed by atoms with van der Waals surface area (Å²) in [7, 11) is 3.27. The average Bonchev–Trinajstić information content (AvgIpc) is 2.66. The minimum Gasteiger partial charge on any atom is -0.497 e. The van der Waals surface area contributed by atoms with Crippen molar-refractivity contribution in [1.29, 1.82) is 0 Å². The van der Waals surface area contributed by atoms with Gasteiger partial charge in [-0.25, -0.2) is 0 Å². The Balaban J connectivity index is 1.81. The van der Waals surface area contributed by atoms with E-state index in [1.807, 2.05) is 60.7 Å².